The Labute approximate surface area is 161 Å². The van der Waals surface area contributed by atoms with Gasteiger partial charge in [0, 0.05) is 22.8 Å². The van der Waals surface area contributed by atoms with E-state index in [-0.39, 0.29) is 10.5 Å². The lowest BCUT2D eigenvalue weighted by atomic mass is 10.00. The van der Waals surface area contributed by atoms with Crippen molar-refractivity contribution in [2.45, 2.75) is 11.8 Å². The molecular weight excluding hydrogens is 374 g/mol. The van der Waals surface area contributed by atoms with Crippen LogP contribution < -0.4 is 5.56 Å². The lowest BCUT2D eigenvalue weighted by molar-refractivity contribution is 0.589. The molecule has 2 aromatic carbocycles. The normalized spacial score (nSPS) is 11.4. The van der Waals surface area contributed by atoms with Gasteiger partial charge in [-0.3, -0.25) is 4.79 Å². The van der Waals surface area contributed by atoms with E-state index in [1.807, 2.05) is 6.07 Å². The van der Waals surface area contributed by atoms with E-state index < -0.39 is 15.6 Å². The monoisotopic (exact) mass is 389 g/mol. The first kappa shape index (κ1) is 17.8. The fourth-order valence-corrected chi connectivity index (χ4v) is 4.60. The minimum atomic E-state index is -3.72. The number of aromatic nitrogens is 2. The third kappa shape index (κ3) is 2.80. The highest BCUT2D eigenvalue weighted by molar-refractivity contribution is 7.90. The summed E-state index contributed by atoms with van der Waals surface area (Å²) in [5, 5.41) is 10.0. The van der Waals surface area contributed by atoms with Crippen LogP contribution in [0.2, 0.25) is 0 Å². The van der Waals surface area contributed by atoms with E-state index in [0.717, 1.165) is 0 Å². The Hall–Kier alpha value is -3.63. The topological polar surface area (TPSA) is 95.7 Å². The van der Waals surface area contributed by atoms with Gasteiger partial charge in [-0.1, -0.05) is 24.3 Å². The highest BCUT2D eigenvalue weighted by atomic mass is 32.2. The number of fused-ring (bicyclic) bond motifs is 1. The Morgan fingerprint density at radius 3 is 2.50 bits per heavy atom. The summed E-state index contributed by atoms with van der Waals surface area (Å²) in [5.41, 5.74) is 1.94. The number of aryl methyl sites for hydroxylation is 1. The van der Waals surface area contributed by atoms with Gasteiger partial charge < -0.3 is 4.98 Å². The Morgan fingerprint density at radius 1 is 1.04 bits per heavy atom. The van der Waals surface area contributed by atoms with E-state index in [4.69, 9.17) is 0 Å². The fourth-order valence-electron chi connectivity index (χ4n) is 3.23. The highest BCUT2D eigenvalue weighted by Gasteiger charge is 2.19. The van der Waals surface area contributed by atoms with Gasteiger partial charge in [-0.25, -0.2) is 12.4 Å². The predicted molar refractivity (Wildman–Crippen MR) is 106 cm³/mol. The summed E-state index contributed by atoms with van der Waals surface area (Å²) in [5.74, 6) is 0. The second-order valence-corrected chi connectivity index (χ2v) is 8.20. The molecule has 0 radical (unpaired) electrons. The summed E-state index contributed by atoms with van der Waals surface area (Å²) < 4.78 is 27.1. The molecule has 2 aromatic heterocycles. The molecule has 0 aliphatic heterocycles. The lowest BCUT2D eigenvalue weighted by Gasteiger charge is -2.09. The Balaban J connectivity index is 1.89. The van der Waals surface area contributed by atoms with E-state index in [0.29, 0.717) is 27.7 Å². The van der Waals surface area contributed by atoms with Crippen LogP contribution in [0.1, 0.15) is 11.3 Å². The molecular formula is C21H15N3O3S. The van der Waals surface area contributed by atoms with Crippen LogP contribution in [0.25, 0.3) is 22.0 Å². The molecule has 6 nitrogen and oxygen atoms in total. The van der Waals surface area contributed by atoms with Crippen LogP contribution in [0, 0.1) is 18.3 Å². The minimum absolute atomic E-state index is 0.0290. The average Bonchev–Trinajstić information content (AvgIpc) is 3.12. The van der Waals surface area contributed by atoms with Gasteiger partial charge in [-0.15, -0.1) is 0 Å². The van der Waals surface area contributed by atoms with Crippen LogP contribution in [0.3, 0.4) is 0 Å². The first-order valence-electron chi connectivity index (χ1n) is 8.48. The van der Waals surface area contributed by atoms with Crippen molar-refractivity contribution in [3.63, 3.8) is 0 Å². The van der Waals surface area contributed by atoms with Crippen LogP contribution in [0.5, 0.6) is 0 Å². The van der Waals surface area contributed by atoms with Crippen molar-refractivity contribution >= 4 is 20.9 Å². The van der Waals surface area contributed by atoms with Crippen LogP contribution in [-0.2, 0) is 10.0 Å². The standard InChI is InChI=1S/C21H15N3O3S/c1-14-11-18(19(13-22)21(25)23-14)15-7-8-20-16(12-15)9-10-24(20)28(26,27)17-5-3-2-4-6-17/h2-12H,1H3,(H,23,25). The number of pyridine rings is 1. The largest absolute Gasteiger partial charge is 0.325 e. The summed E-state index contributed by atoms with van der Waals surface area (Å²) in [7, 11) is -3.72. The Morgan fingerprint density at radius 2 is 1.79 bits per heavy atom. The number of nitriles is 1. The van der Waals surface area contributed by atoms with Crippen molar-refractivity contribution in [1.29, 1.82) is 5.26 Å². The van der Waals surface area contributed by atoms with Gasteiger partial charge in [0.1, 0.15) is 11.6 Å². The maximum Gasteiger partial charge on any atom is 0.268 e. The van der Waals surface area contributed by atoms with Crippen molar-refractivity contribution in [2.24, 2.45) is 0 Å². The maximum atomic E-state index is 12.9. The van der Waals surface area contributed by atoms with E-state index in [1.165, 1.54) is 10.2 Å². The van der Waals surface area contributed by atoms with Crippen LogP contribution >= 0.6 is 0 Å². The van der Waals surface area contributed by atoms with Crippen molar-refractivity contribution in [3.05, 3.63) is 88.5 Å². The highest BCUT2D eigenvalue weighted by Crippen LogP contribution is 2.28. The number of benzene rings is 2. The van der Waals surface area contributed by atoms with Gasteiger partial charge in [0.25, 0.3) is 15.6 Å². The van der Waals surface area contributed by atoms with E-state index in [2.05, 4.69) is 4.98 Å². The predicted octanol–water partition coefficient (Wildman–Crippen LogP) is 3.41. The van der Waals surface area contributed by atoms with Crippen LogP contribution in [0.4, 0.5) is 0 Å². The van der Waals surface area contributed by atoms with Crippen molar-refractivity contribution < 1.29 is 8.42 Å². The Kier molecular flexibility index (Phi) is 4.13. The lowest BCUT2D eigenvalue weighted by Crippen LogP contribution is -2.13. The number of H-pyrrole nitrogens is 1. The minimum Gasteiger partial charge on any atom is -0.325 e. The SMILES string of the molecule is Cc1cc(-c2ccc3c(ccn3S(=O)(=O)c3ccccc3)c2)c(C#N)c(=O)[nH]1. The summed E-state index contributed by atoms with van der Waals surface area (Å²) in [4.78, 5) is 14.9. The molecule has 138 valence electrons. The number of hydrogen-bond acceptors (Lipinski definition) is 4. The van der Waals surface area contributed by atoms with Crippen molar-refractivity contribution in [3.8, 4) is 17.2 Å². The zero-order valence-corrected chi connectivity index (χ0v) is 15.7. The molecule has 0 fully saturated rings. The third-order valence-electron chi connectivity index (χ3n) is 4.55. The average molecular weight is 389 g/mol. The second-order valence-electron chi connectivity index (χ2n) is 6.39. The number of nitrogens with one attached hydrogen (secondary N) is 1. The Bertz CT molecular complexity index is 1410. The van der Waals surface area contributed by atoms with Gasteiger partial charge in [0.15, 0.2) is 0 Å². The molecule has 7 heteroatoms. The number of nitrogens with zero attached hydrogens (tertiary/aromatic N) is 2. The molecule has 1 N–H and O–H groups in total. The summed E-state index contributed by atoms with van der Waals surface area (Å²) in [6.07, 6.45) is 1.50. The smallest absolute Gasteiger partial charge is 0.268 e. The van der Waals surface area contributed by atoms with E-state index >= 15 is 0 Å². The molecule has 4 rings (SSSR count). The van der Waals surface area contributed by atoms with Gasteiger partial charge >= 0.3 is 0 Å². The van der Waals surface area contributed by atoms with E-state index in [9.17, 15) is 18.5 Å². The zero-order chi connectivity index (χ0) is 19.9. The molecule has 2 heterocycles. The first-order chi connectivity index (χ1) is 13.4. The third-order valence-corrected chi connectivity index (χ3v) is 6.25. The van der Waals surface area contributed by atoms with Gasteiger partial charge in [0.2, 0.25) is 0 Å². The molecule has 0 saturated carbocycles. The fraction of sp³-hybridized carbons (Fsp3) is 0.0476. The molecule has 0 amide bonds. The zero-order valence-electron chi connectivity index (χ0n) is 14.9. The summed E-state index contributed by atoms with van der Waals surface area (Å²) in [6, 6.07) is 18.8. The molecule has 28 heavy (non-hydrogen) atoms. The summed E-state index contributed by atoms with van der Waals surface area (Å²) >= 11 is 0. The molecule has 0 unspecified atom stereocenters. The number of rotatable bonds is 3. The molecule has 0 spiro atoms. The van der Waals surface area contributed by atoms with E-state index in [1.54, 1.807) is 67.6 Å². The van der Waals surface area contributed by atoms with Crippen molar-refractivity contribution in [1.82, 2.24) is 8.96 Å². The molecule has 0 atom stereocenters. The maximum absolute atomic E-state index is 12.9. The first-order valence-corrected chi connectivity index (χ1v) is 9.92. The molecule has 4 aromatic rings. The molecule has 0 saturated heterocycles. The number of hydrogen-bond donors (Lipinski definition) is 1. The second kappa shape index (κ2) is 6.51. The molecule has 0 bridgehead atoms. The summed E-state index contributed by atoms with van der Waals surface area (Å²) in [6.45, 7) is 1.74. The quantitative estimate of drug-likeness (QED) is 0.581. The molecule has 0 aliphatic carbocycles. The van der Waals surface area contributed by atoms with Crippen molar-refractivity contribution in [2.75, 3.05) is 0 Å². The van der Waals surface area contributed by atoms with Gasteiger partial charge in [-0.2, -0.15) is 5.26 Å². The van der Waals surface area contributed by atoms with Crippen LogP contribution in [-0.4, -0.2) is 17.4 Å². The number of aromatic amines is 1. The van der Waals surface area contributed by atoms with Crippen LogP contribution in [0.15, 0.2) is 76.6 Å². The van der Waals surface area contributed by atoms with Gasteiger partial charge in [-0.05, 0) is 48.9 Å². The molecule has 0 aliphatic rings. The van der Waals surface area contributed by atoms with Gasteiger partial charge in [0.05, 0.1) is 10.4 Å².